The van der Waals surface area contributed by atoms with Gasteiger partial charge in [-0.15, -0.1) is 6.58 Å². The SMILES string of the molecule is C=C[C@H]1C[C@]1(C(=O)OC)N(C(=O)OC(C)(C)C)C(=O)OC(C)(C)C. The molecular weight excluding hydrogens is 314 g/mol. The predicted molar refractivity (Wildman–Crippen MR) is 87.4 cm³/mol. The third kappa shape index (κ3) is 4.27. The average molecular weight is 341 g/mol. The molecule has 2 amide bonds. The van der Waals surface area contributed by atoms with Crippen molar-refractivity contribution < 1.29 is 28.6 Å². The Morgan fingerprint density at radius 1 is 1.04 bits per heavy atom. The lowest BCUT2D eigenvalue weighted by atomic mass is 10.1. The minimum absolute atomic E-state index is 0.224. The van der Waals surface area contributed by atoms with Crippen molar-refractivity contribution in [1.29, 1.82) is 0 Å². The van der Waals surface area contributed by atoms with Crippen LogP contribution in [-0.4, -0.2) is 46.9 Å². The molecule has 136 valence electrons. The van der Waals surface area contributed by atoms with Crippen molar-refractivity contribution in [3.8, 4) is 0 Å². The molecule has 0 heterocycles. The zero-order valence-corrected chi connectivity index (χ0v) is 15.5. The fourth-order valence-corrected chi connectivity index (χ4v) is 2.33. The molecule has 1 aliphatic rings. The summed E-state index contributed by atoms with van der Waals surface area (Å²) in [5, 5.41) is 0. The molecule has 0 aliphatic heterocycles. The van der Waals surface area contributed by atoms with E-state index < -0.39 is 40.8 Å². The first kappa shape index (κ1) is 20.0. The average Bonchev–Trinajstić information content (AvgIpc) is 3.08. The molecule has 0 N–H and O–H groups in total. The largest absolute Gasteiger partial charge is 0.467 e. The van der Waals surface area contributed by atoms with E-state index in [0.29, 0.717) is 0 Å². The molecule has 0 radical (unpaired) electrons. The van der Waals surface area contributed by atoms with Crippen molar-refractivity contribution in [1.82, 2.24) is 4.90 Å². The molecule has 7 nitrogen and oxygen atoms in total. The van der Waals surface area contributed by atoms with Crippen LogP contribution in [0.1, 0.15) is 48.0 Å². The summed E-state index contributed by atoms with van der Waals surface area (Å²) in [6.07, 6.45) is -0.168. The van der Waals surface area contributed by atoms with Crippen LogP contribution in [0.3, 0.4) is 0 Å². The maximum atomic E-state index is 12.6. The Balaban J connectivity index is 3.27. The normalized spacial score (nSPS) is 23.0. The molecule has 0 bridgehead atoms. The highest BCUT2D eigenvalue weighted by Gasteiger charge is 2.68. The second-order valence-corrected chi connectivity index (χ2v) is 7.76. The lowest BCUT2D eigenvalue weighted by molar-refractivity contribution is -0.149. The zero-order valence-electron chi connectivity index (χ0n) is 15.5. The topological polar surface area (TPSA) is 82.1 Å². The monoisotopic (exact) mass is 341 g/mol. The van der Waals surface area contributed by atoms with Gasteiger partial charge in [0.15, 0.2) is 5.54 Å². The lowest BCUT2D eigenvalue weighted by Gasteiger charge is -2.32. The maximum Gasteiger partial charge on any atom is 0.420 e. The van der Waals surface area contributed by atoms with Gasteiger partial charge >= 0.3 is 18.2 Å². The molecule has 1 rings (SSSR count). The van der Waals surface area contributed by atoms with E-state index in [1.54, 1.807) is 41.5 Å². The van der Waals surface area contributed by atoms with Gasteiger partial charge in [-0.3, -0.25) is 0 Å². The van der Waals surface area contributed by atoms with Crippen LogP contribution < -0.4 is 0 Å². The van der Waals surface area contributed by atoms with E-state index in [1.165, 1.54) is 13.2 Å². The number of methoxy groups -OCH3 is 1. The number of carbonyl (C=O) groups excluding carboxylic acids is 3. The van der Waals surface area contributed by atoms with Crippen LogP contribution in [0.2, 0.25) is 0 Å². The second-order valence-electron chi connectivity index (χ2n) is 7.76. The zero-order chi connectivity index (χ0) is 18.9. The van der Waals surface area contributed by atoms with E-state index in [2.05, 4.69) is 6.58 Å². The van der Waals surface area contributed by atoms with Crippen LogP contribution in [0.4, 0.5) is 9.59 Å². The van der Waals surface area contributed by atoms with E-state index in [0.717, 1.165) is 4.90 Å². The highest BCUT2D eigenvalue weighted by atomic mass is 16.6. The van der Waals surface area contributed by atoms with Gasteiger partial charge in [-0.25, -0.2) is 14.4 Å². The molecule has 0 aromatic heterocycles. The van der Waals surface area contributed by atoms with E-state index in [1.807, 2.05) is 0 Å². The van der Waals surface area contributed by atoms with Crippen molar-refractivity contribution in [2.75, 3.05) is 7.11 Å². The first-order chi connectivity index (χ1) is 10.8. The van der Waals surface area contributed by atoms with E-state index in [4.69, 9.17) is 14.2 Å². The Labute approximate surface area is 142 Å². The summed E-state index contributed by atoms with van der Waals surface area (Å²) < 4.78 is 15.4. The van der Waals surface area contributed by atoms with E-state index in [9.17, 15) is 14.4 Å². The molecule has 2 atom stereocenters. The van der Waals surface area contributed by atoms with Gasteiger partial charge in [0.2, 0.25) is 0 Å². The number of amides is 2. The third-order valence-corrected chi connectivity index (χ3v) is 3.36. The fourth-order valence-electron chi connectivity index (χ4n) is 2.33. The summed E-state index contributed by atoms with van der Waals surface area (Å²) in [6, 6.07) is 0. The fraction of sp³-hybridized carbons (Fsp3) is 0.706. The Kier molecular flexibility index (Phi) is 5.38. The number of ether oxygens (including phenoxy) is 3. The van der Waals surface area contributed by atoms with E-state index in [-0.39, 0.29) is 6.42 Å². The number of nitrogens with zero attached hydrogens (tertiary/aromatic N) is 1. The molecular formula is C17H27NO6. The van der Waals surface area contributed by atoms with Gasteiger partial charge in [-0.2, -0.15) is 4.90 Å². The Hall–Kier alpha value is -2.05. The Morgan fingerprint density at radius 2 is 1.46 bits per heavy atom. The van der Waals surface area contributed by atoms with Crippen molar-refractivity contribution in [3.05, 3.63) is 12.7 Å². The summed E-state index contributed by atoms with van der Waals surface area (Å²) in [4.78, 5) is 38.3. The highest BCUT2D eigenvalue weighted by Crippen LogP contribution is 2.51. The minimum atomic E-state index is -1.47. The van der Waals surface area contributed by atoms with Crippen molar-refractivity contribution in [3.63, 3.8) is 0 Å². The van der Waals surface area contributed by atoms with Gasteiger partial charge < -0.3 is 14.2 Å². The number of imide groups is 1. The van der Waals surface area contributed by atoms with Gasteiger partial charge in [0.1, 0.15) is 11.2 Å². The van der Waals surface area contributed by atoms with Gasteiger partial charge in [0.25, 0.3) is 0 Å². The highest BCUT2D eigenvalue weighted by molar-refractivity contribution is 5.99. The van der Waals surface area contributed by atoms with Gasteiger partial charge in [0, 0.05) is 5.92 Å². The van der Waals surface area contributed by atoms with Gasteiger partial charge in [0.05, 0.1) is 7.11 Å². The first-order valence-electron chi connectivity index (χ1n) is 7.75. The van der Waals surface area contributed by atoms with Crippen LogP contribution in [0.5, 0.6) is 0 Å². The second kappa shape index (κ2) is 6.45. The third-order valence-electron chi connectivity index (χ3n) is 3.36. The van der Waals surface area contributed by atoms with Crippen LogP contribution in [0.15, 0.2) is 12.7 Å². The van der Waals surface area contributed by atoms with Gasteiger partial charge in [-0.05, 0) is 48.0 Å². The number of carbonyl (C=O) groups is 3. The number of esters is 1. The molecule has 0 aromatic carbocycles. The van der Waals surface area contributed by atoms with Crippen molar-refractivity contribution in [2.24, 2.45) is 5.92 Å². The summed E-state index contributed by atoms with van der Waals surface area (Å²) in [5.74, 6) is -1.12. The summed E-state index contributed by atoms with van der Waals surface area (Å²) in [6.45, 7) is 13.7. The predicted octanol–water partition coefficient (Wildman–Crippen LogP) is 3.28. The molecule has 1 fully saturated rings. The number of rotatable bonds is 3. The van der Waals surface area contributed by atoms with Crippen LogP contribution >= 0.6 is 0 Å². The molecule has 1 saturated carbocycles. The van der Waals surface area contributed by atoms with Crippen LogP contribution in [0.25, 0.3) is 0 Å². The van der Waals surface area contributed by atoms with Crippen molar-refractivity contribution >= 4 is 18.2 Å². The summed E-state index contributed by atoms with van der Waals surface area (Å²) in [5.41, 5.74) is -3.15. The molecule has 0 saturated heterocycles. The molecule has 7 heteroatoms. The lowest BCUT2D eigenvalue weighted by Crippen LogP contribution is -2.55. The standard InChI is InChI=1S/C17H27NO6/c1-9-11-10-17(11,12(19)22-8)18(13(20)23-15(2,3)4)14(21)24-16(5,6)7/h9,11H,1,10H2,2-8H3/t11-,17-/m0/s1. The Morgan fingerprint density at radius 3 is 1.71 bits per heavy atom. The summed E-state index contributed by atoms with van der Waals surface area (Å²) in [7, 11) is 1.20. The quantitative estimate of drug-likeness (QED) is 0.445. The Bertz CT molecular complexity index is 514. The van der Waals surface area contributed by atoms with Crippen LogP contribution in [-0.2, 0) is 19.0 Å². The van der Waals surface area contributed by atoms with Gasteiger partial charge in [-0.1, -0.05) is 6.08 Å². The first-order valence-corrected chi connectivity index (χ1v) is 7.75. The number of hydrogen-bond donors (Lipinski definition) is 0. The maximum absolute atomic E-state index is 12.6. The van der Waals surface area contributed by atoms with E-state index >= 15 is 0 Å². The molecule has 1 aliphatic carbocycles. The molecule has 24 heavy (non-hydrogen) atoms. The molecule has 0 unspecified atom stereocenters. The number of hydrogen-bond acceptors (Lipinski definition) is 6. The molecule has 0 aromatic rings. The van der Waals surface area contributed by atoms with Crippen LogP contribution in [0, 0.1) is 5.92 Å². The van der Waals surface area contributed by atoms with Crippen molar-refractivity contribution in [2.45, 2.75) is 64.7 Å². The summed E-state index contributed by atoms with van der Waals surface area (Å²) >= 11 is 0. The molecule has 0 spiro atoms. The minimum Gasteiger partial charge on any atom is -0.467 e. The smallest absolute Gasteiger partial charge is 0.420 e.